The lowest BCUT2D eigenvalue weighted by molar-refractivity contribution is 1.19. The summed E-state index contributed by atoms with van der Waals surface area (Å²) in [7, 11) is 0. The van der Waals surface area contributed by atoms with Crippen molar-refractivity contribution in [2.75, 3.05) is 0 Å². The summed E-state index contributed by atoms with van der Waals surface area (Å²) < 4.78 is 2.08. The highest BCUT2D eigenvalue weighted by atomic mass is 14.9. The Bertz CT molecular complexity index is 1170. The van der Waals surface area contributed by atoms with Crippen LogP contribution in [-0.2, 0) is 0 Å². The van der Waals surface area contributed by atoms with E-state index in [4.69, 9.17) is 0 Å². The van der Waals surface area contributed by atoms with E-state index in [2.05, 4.69) is 80.3 Å². The largest absolute Gasteiger partial charge is 0.355 e. The van der Waals surface area contributed by atoms with Crippen LogP contribution in [0.15, 0.2) is 60.9 Å². The fraction of sp³-hybridized carbons (Fsp3) is 0. The number of rotatable bonds is 0. The highest BCUT2D eigenvalue weighted by molar-refractivity contribution is 5.75. The Balaban J connectivity index is 1.93. The Kier molecular flexibility index (Phi) is 2.46. The maximum atomic E-state index is 4.64. The van der Waals surface area contributed by atoms with Crippen LogP contribution in [0.2, 0.25) is 0 Å². The Morgan fingerprint density at radius 2 is 1.48 bits per heavy atom. The number of hydrogen-bond acceptors (Lipinski definition) is 1. The van der Waals surface area contributed by atoms with Crippen LogP contribution in [0.1, 0.15) is 11.4 Å². The van der Waals surface area contributed by atoms with Crippen LogP contribution in [0.4, 0.5) is 0 Å². The Labute approximate surface area is 132 Å². The van der Waals surface area contributed by atoms with E-state index in [0.717, 1.165) is 39.0 Å². The van der Waals surface area contributed by atoms with Crippen LogP contribution < -0.4 is 0 Å². The normalized spacial score (nSPS) is 12.2. The van der Waals surface area contributed by atoms with Gasteiger partial charge in [0, 0.05) is 28.9 Å². The van der Waals surface area contributed by atoms with E-state index >= 15 is 0 Å². The summed E-state index contributed by atoms with van der Waals surface area (Å²) in [5.41, 5.74) is 6.14. The third-order valence-corrected chi connectivity index (χ3v) is 4.03. The SMILES string of the molecule is C1=Cc2cc3ccc(cc4ccc([nH]4)n4ccc(cc1n2)c4)[nH]3. The molecule has 0 aliphatic carbocycles. The molecule has 4 nitrogen and oxygen atoms in total. The first-order chi connectivity index (χ1) is 11.3. The first kappa shape index (κ1) is 12.3. The molecule has 0 saturated carbocycles. The van der Waals surface area contributed by atoms with Crippen LogP contribution in [0.3, 0.4) is 0 Å². The van der Waals surface area contributed by atoms with Crippen molar-refractivity contribution < 1.29 is 0 Å². The van der Waals surface area contributed by atoms with Crippen LogP contribution in [0.25, 0.3) is 39.7 Å². The van der Waals surface area contributed by atoms with E-state index in [9.17, 15) is 0 Å². The van der Waals surface area contributed by atoms with Gasteiger partial charge in [0.15, 0.2) is 0 Å². The molecule has 0 spiro atoms. The van der Waals surface area contributed by atoms with Crippen LogP contribution in [0, 0.1) is 0 Å². The van der Waals surface area contributed by atoms with Crippen LogP contribution in [-0.4, -0.2) is 19.4 Å². The molecule has 5 rings (SSSR count). The number of nitrogens with zero attached hydrogens (tertiary/aromatic N) is 2. The molecule has 23 heavy (non-hydrogen) atoms. The number of H-pyrrole nitrogens is 2. The van der Waals surface area contributed by atoms with E-state index in [-0.39, 0.29) is 0 Å². The Morgan fingerprint density at radius 1 is 0.739 bits per heavy atom. The quantitative estimate of drug-likeness (QED) is 0.435. The third kappa shape index (κ3) is 2.21. The second kappa shape index (κ2) is 4.61. The minimum atomic E-state index is 0.959. The molecule has 0 radical (unpaired) electrons. The van der Waals surface area contributed by atoms with Gasteiger partial charge in [0.25, 0.3) is 0 Å². The van der Waals surface area contributed by atoms with Crippen molar-refractivity contribution in [3.05, 3.63) is 72.3 Å². The number of nitrogens with one attached hydrogen (secondary N) is 2. The van der Waals surface area contributed by atoms with Gasteiger partial charge in [-0.25, -0.2) is 4.98 Å². The van der Waals surface area contributed by atoms with Gasteiger partial charge >= 0.3 is 0 Å². The average molecular weight is 298 g/mol. The number of fused-ring (bicyclic) bond motifs is 9. The first-order valence-electron chi connectivity index (χ1n) is 7.56. The fourth-order valence-electron chi connectivity index (χ4n) is 2.93. The molecule has 1 aliphatic rings. The Hall–Kier alpha value is -3.27. The molecule has 0 unspecified atom stereocenters. The smallest absolute Gasteiger partial charge is 0.114 e. The maximum Gasteiger partial charge on any atom is 0.114 e. The van der Waals surface area contributed by atoms with E-state index in [1.807, 2.05) is 12.2 Å². The summed E-state index contributed by atoms with van der Waals surface area (Å²) in [4.78, 5) is 11.5. The summed E-state index contributed by atoms with van der Waals surface area (Å²) >= 11 is 0. The van der Waals surface area contributed by atoms with Gasteiger partial charge in [-0.1, -0.05) is 0 Å². The van der Waals surface area contributed by atoms with E-state index in [1.54, 1.807) is 0 Å². The van der Waals surface area contributed by atoms with Crippen molar-refractivity contribution in [3.8, 4) is 0 Å². The highest BCUT2D eigenvalue weighted by Crippen LogP contribution is 2.15. The summed E-state index contributed by atoms with van der Waals surface area (Å²) in [6, 6.07) is 16.6. The van der Waals surface area contributed by atoms with Gasteiger partial charge < -0.3 is 14.4 Å². The fourth-order valence-corrected chi connectivity index (χ4v) is 2.93. The van der Waals surface area contributed by atoms with Crippen molar-refractivity contribution >= 4 is 39.7 Å². The molecule has 0 amide bonds. The third-order valence-electron chi connectivity index (χ3n) is 4.03. The molecule has 0 fully saturated rings. The van der Waals surface area contributed by atoms with Gasteiger partial charge in [-0.3, -0.25) is 0 Å². The summed E-state index contributed by atoms with van der Waals surface area (Å²) in [5.74, 6) is 0. The summed E-state index contributed by atoms with van der Waals surface area (Å²) in [6.45, 7) is 0. The highest BCUT2D eigenvalue weighted by Gasteiger charge is 1.99. The number of aromatic nitrogens is 4. The Morgan fingerprint density at radius 3 is 2.39 bits per heavy atom. The minimum absolute atomic E-state index is 0.959. The second-order valence-corrected chi connectivity index (χ2v) is 5.75. The van der Waals surface area contributed by atoms with Crippen LogP contribution >= 0.6 is 0 Å². The van der Waals surface area contributed by atoms with Gasteiger partial charge in [0.1, 0.15) is 5.65 Å². The predicted octanol–water partition coefficient (Wildman–Crippen LogP) is 4.47. The standard InChI is InChI=1S/C19H14N4/c1-2-15-10-16-3-4-17(21-16)11-18-5-6-19(22-18)23-8-7-13(12-23)9-14(1)20-15/h1-12,21-22H. The molecule has 4 aromatic heterocycles. The number of hydrogen-bond donors (Lipinski definition) is 2. The molecule has 2 N–H and O–H groups in total. The van der Waals surface area contributed by atoms with Crippen molar-refractivity contribution in [1.29, 1.82) is 0 Å². The molecular weight excluding hydrogens is 284 g/mol. The maximum absolute atomic E-state index is 4.64. The zero-order valence-electron chi connectivity index (χ0n) is 12.3. The zero-order chi connectivity index (χ0) is 15.2. The van der Waals surface area contributed by atoms with Gasteiger partial charge in [-0.2, -0.15) is 0 Å². The number of aromatic amines is 2. The molecule has 4 heteroatoms. The van der Waals surface area contributed by atoms with Crippen molar-refractivity contribution in [2.24, 2.45) is 0 Å². The van der Waals surface area contributed by atoms with E-state index in [0.29, 0.717) is 0 Å². The summed E-state index contributed by atoms with van der Waals surface area (Å²) in [5, 5.41) is 1.13. The molecule has 8 bridgehead atoms. The van der Waals surface area contributed by atoms with Gasteiger partial charge in [0.2, 0.25) is 0 Å². The molecule has 0 aromatic carbocycles. The average Bonchev–Trinajstić information content (AvgIpc) is 3.28. The lowest BCUT2D eigenvalue weighted by atomic mass is 10.3. The van der Waals surface area contributed by atoms with Gasteiger partial charge in [0.05, 0.1) is 11.4 Å². The molecule has 1 aliphatic heterocycles. The van der Waals surface area contributed by atoms with Crippen molar-refractivity contribution in [3.63, 3.8) is 0 Å². The van der Waals surface area contributed by atoms with Gasteiger partial charge in [-0.15, -0.1) is 0 Å². The molecule has 0 saturated heterocycles. The predicted molar refractivity (Wildman–Crippen MR) is 94.3 cm³/mol. The van der Waals surface area contributed by atoms with Gasteiger partial charge in [-0.05, 0) is 66.1 Å². The molecule has 0 atom stereocenters. The first-order valence-corrected chi connectivity index (χ1v) is 7.56. The molecule has 4 aromatic rings. The molecular formula is C19H14N4. The lowest BCUT2D eigenvalue weighted by Gasteiger charge is -1.86. The zero-order valence-corrected chi connectivity index (χ0v) is 12.3. The lowest BCUT2D eigenvalue weighted by Crippen LogP contribution is -1.76. The topological polar surface area (TPSA) is 48.9 Å². The monoisotopic (exact) mass is 298 g/mol. The van der Waals surface area contributed by atoms with E-state index < -0.39 is 0 Å². The van der Waals surface area contributed by atoms with E-state index in [1.165, 1.54) is 0 Å². The summed E-state index contributed by atoms with van der Waals surface area (Å²) in [6.07, 6.45) is 8.22. The molecule has 5 heterocycles. The second-order valence-electron chi connectivity index (χ2n) is 5.75. The molecule has 110 valence electrons. The van der Waals surface area contributed by atoms with Crippen molar-refractivity contribution in [2.45, 2.75) is 0 Å². The minimum Gasteiger partial charge on any atom is -0.355 e. The van der Waals surface area contributed by atoms with Crippen molar-refractivity contribution in [1.82, 2.24) is 19.4 Å². The van der Waals surface area contributed by atoms with Crippen LogP contribution in [0.5, 0.6) is 0 Å².